The van der Waals surface area contributed by atoms with Crippen molar-refractivity contribution in [3.05, 3.63) is 35.9 Å². The van der Waals surface area contributed by atoms with Crippen molar-refractivity contribution in [1.82, 2.24) is 15.1 Å². The molecule has 1 N–H and O–H groups in total. The van der Waals surface area contributed by atoms with Gasteiger partial charge in [-0.15, -0.1) is 0 Å². The minimum atomic E-state index is 0.198. The zero-order valence-electron chi connectivity index (χ0n) is 14.6. The summed E-state index contributed by atoms with van der Waals surface area (Å²) in [6.07, 6.45) is 2.17. The van der Waals surface area contributed by atoms with Crippen LogP contribution in [0.3, 0.4) is 0 Å². The number of carbonyl (C=O) groups is 1. The summed E-state index contributed by atoms with van der Waals surface area (Å²) >= 11 is 2.01. The molecule has 24 heavy (non-hydrogen) atoms. The van der Waals surface area contributed by atoms with E-state index in [-0.39, 0.29) is 5.91 Å². The summed E-state index contributed by atoms with van der Waals surface area (Å²) in [5, 5.41) is 3.74. The van der Waals surface area contributed by atoms with Crippen LogP contribution in [0.15, 0.2) is 30.3 Å². The van der Waals surface area contributed by atoms with Crippen molar-refractivity contribution in [2.75, 3.05) is 45.0 Å². The molecule has 3 rings (SSSR count). The Morgan fingerprint density at radius 3 is 2.62 bits per heavy atom. The number of thioether (sulfide) groups is 1. The molecule has 0 radical (unpaired) electrons. The van der Waals surface area contributed by atoms with Gasteiger partial charge in [0.15, 0.2) is 0 Å². The molecule has 132 valence electrons. The van der Waals surface area contributed by atoms with E-state index in [9.17, 15) is 4.79 Å². The third-order valence-corrected chi connectivity index (χ3v) is 6.33. The molecule has 0 saturated carbocycles. The number of nitrogens with zero attached hydrogens (tertiary/aromatic N) is 2. The molecule has 0 bridgehead atoms. The summed E-state index contributed by atoms with van der Waals surface area (Å²) in [5.74, 6) is 1.30. The van der Waals surface area contributed by atoms with Gasteiger partial charge in [0.2, 0.25) is 5.91 Å². The largest absolute Gasteiger partial charge is 0.352 e. The maximum absolute atomic E-state index is 12.4. The predicted molar refractivity (Wildman–Crippen MR) is 101 cm³/mol. The van der Waals surface area contributed by atoms with Gasteiger partial charge in [-0.3, -0.25) is 9.69 Å². The van der Waals surface area contributed by atoms with E-state index in [0.29, 0.717) is 17.8 Å². The zero-order valence-corrected chi connectivity index (χ0v) is 15.4. The van der Waals surface area contributed by atoms with Gasteiger partial charge in [0.1, 0.15) is 0 Å². The van der Waals surface area contributed by atoms with Gasteiger partial charge in [-0.1, -0.05) is 37.3 Å². The molecule has 1 aromatic carbocycles. The quantitative estimate of drug-likeness (QED) is 0.887. The van der Waals surface area contributed by atoms with Crippen LogP contribution in [0.5, 0.6) is 0 Å². The monoisotopic (exact) mass is 347 g/mol. The Morgan fingerprint density at radius 2 is 1.92 bits per heavy atom. The van der Waals surface area contributed by atoms with Gasteiger partial charge in [0, 0.05) is 43.2 Å². The van der Waals surface area contributed by atoms with Crippen LogP contribution >= 0.6 is 11.8 Å². The molecular weight excluding hydrogens is 318 g/mol. The first-order chi connectivity index (χ1) is 11.7. The number of hydrogen-bond acceptors (Lipinski definition) is 4. The molecule has 0 spiro atoms. The van der Waals surface area contributed by atoms with Crippen molar-refractivity contribution in [2.45, 2.75) is 31.1 Å². The molecule has 2 heterocycles. The summed E-state index contributed by atoms with van der Waals surface area (Å²) in [6, 6.07) is 11.0. The summed E-state index contributed by atoms with van der Waals surface area (Å²) in [7, 11) is 0. The molecular formula is C19H29N3OS. The van der Waals surface area contributed by atoms with Gasteiger partial charge in [-0.2, -0.15) is 11.8 Å². The van der Waals surface area contributed by atoms with Crippen LogP contribution in [-0.4, -0.2) is 66.8 Å². The second kappa shape index (κ2) is 8.88. The van der Waals surface area contributed by atoms with E-state index in [4.69, 9.17) is 0 Å². The Hall–Kier alpha value is -1.04. The van der Waals surface area contributed by atoms with E-state index in [1.807, 2.05) is 11.8 Å². The van der Waals surface area contributed by atoms with Gasteiger partial charge in [0.25, 0.3) is 0 Å². The van der Waals surface area contributed by atoms with Crippen molar-refractivity contribution in [3.63, 3.8) is 0 Å². The van der Waals surface area contributed by atoms with Gasteiger partial charge in [-0.05, 0) is 24.9 Å². The average Bonchev–Trinajstić information content (AvgIpc) is 2.63. The Morgan fingerprint density at radius 1 is 1.17 bits per heavy atom. The fourth-order valence-corrected chi connectivity index (χ4v) is 4.90. The summed E-state index contributed by atoms with van der Waals surface area (Å²) in [4.78, 5) is 17.2. The van der Waals surface area contributed by atoms with Crippen molar-refractivity contribution in [2.24, 2.45) is 0 Å². The molecule has 2 aliphatic heterocycles. The lowest BCUT2D eigenvalue weighted by Crippen LogP contribution is -2.48. The van der Waals surface area contributed by atoms with Gasteiger partial charge in [0.05, 0.1) is 6.54 Å². The van der Waals surface area contributed by atoms with E-state index in [1.54, 1.807) is 0 Å². The lowest BCUT2D eigenvalue weighted by Gasteiger charge is -2.34. The Balaban J connectivity index is 1.44. The van der Waals surface area contributed by atoms with Crippen molar-refractivity contribution < 1.29 is 4.79 Å². The Labute approximate surface area is 150 Å². The van der Waals surface area contributed by atoms with Gasteiger partial charge < -0.3 is 10.2 Å². The number of amides is 1. The fraction of sp³-hybridized carbons (Fsp3) is 0.632. The van der Waals surface area contributed by atoms with Crippen LogP contribution in [0.4, 0.5) is 0 Å². The highest BCUT2D eigenvalue weighted by atomic mass is 32.2. The van der Waals surface area contributed by atoms with Crippen LogP contribution in [0.25, 0.3) is 0 Å². The minimum Gasteiger partial charge on any atom is -0.352 e. The molecule has 1 amide bonds. The molecule has 1 unspecified atom stereocenters. The predicted octanol–water partition coefficient (Wildman–Crippen LogP) is 2.38. The van der Waals surface area contributed by atoms with E-state index in [2.05, 4.69) is 52.4 Å². The number of hydrogen-bond donors (Lipinski definition) is 1. The smallest absolute Gasteiger partial charge is 0.234 e. The minimum absolute atomic E-state index is 0.198. The number of benzene rings is 1. The first-order valence-corrected chi connectivity index (χ1v) is 10.2. The van der Waals surface area contributed by atoms with Crippen LogP contribution in [-0.2, 0) is 4.79 Å². The molecule has 0 aromatic heterocycles. The molecule has 5 heteroatoms. The van der Waals surface area contributed by atoms with Crippen molar-refractivity contribution >= 4 is 17.7 Å². The highest BCUT2D eigenvalue weighted by molar-refractivity contribution is 7.99. The van der Waals surface area contributed by atoms with E-state index in [1.165, 1.54) is 5.56 Å². The molecule has 2 saturated heterocycles. The molecule has 2 aliphatic rings. The summed E-state index contributed by atoms with van der Waals surface area (Å²) < 4.78 is 0. The normalized spacial score (nSPS) is 24.0. The number of piperidine rings is 1. The van der Waals surface area contributed by atoms with Crippen LogP contribution < -0.4 is 5.32 Å². The standard InChI is InChI=1S/C19H29N3OS/c1-2-21-10-8-17(9-11-21)20-19(23)15-22-12-13-24-18(14-22)16-6-4-3-5-7-16/h3-7,17-18H,2,8-15H2,1H3,(H,20,23). The summed E-state index contributed by atoms with van der Waals surface area (Å²) in [6.45, 7) is 8.06. The van der Waals surface area contributed by atoms with Gasteiger partial charge >= 0.3 is 0 Å². The molecule has 0 aliphatic carbocycles. The van der Waals surface area contributed by atoms with E-state index < -0.39 is 0 Å². The summed E-state index contributed by atoms with van der Waals surface area (Å²) in [5.41, 5.74) is 1.37. The average molecular weight is 348 g/mol. The number of carbonyl (C=O) groups excluding carboxylic acids is 1. The highest BCUT2D eigenvalue weighted by Gasteiger charge is 2.25. The Kier molecular flexibility index (Phi) is 6.58. The second-order valence-corrected chi connectivity index (χ2v) is 8.09. The lowest BCUT2D eigenvalue weighted by molar-refractivity contribution is -0.123. The maximum atomic E-state index is 12.4. The number of likely N-dealkylation sites (tertiary alicyclic amines) is 1. The Bertz CT molecular complexity index is 517. The molecule has 1 atom stereocenters. The molecule has 2 fully saturated rings. The van der Waals surface area contributed by atoms with Crippen LogP contribution in [0, 0.1) is 0 Å². The van der Waals surface area contributed by atoms with E-state index in [0.717, 1.165) is 51.3 Å². The van der Waals surface area contributed by atoms with E-state index >= 15 is 0 Å². The highest BCUT2D eigenvalue weighted by Crippen LogP contribution is 2.32. The number of rotatable bonds is 5. The lowest BCUT2D eigenvalue weighted by atomic mass is 10.1. The second-order valence-electron chi connectivity index (χ2n) is 6.78. The zero-order chi connectivity index (χ0) is 16.8. The fourth-order valence-electron chi connectivity index (χ4n) is 3.59. The number of nitrogens with one attached hydrogen (secondary N) is 1. The first kappa shape index (κ1) is 17.8. The third kappa shape index (κ3) is 4.98. The van der Waals surface area contributed by atoms with Crippen LogP contribution in [0.1, 0.15) is 30.6 Å². The van der Waals surface area contributed by atoms with Crippen molar-refractivity contribution in [1.29, 1.82) is 0 Å². The molecule has 4 nitrogen and oxygen atoms in total. The maximum Gasteiger partial charge on any atom is 0.234 e. The van der Waals surface area contributed by atoms with Gasteiger partial charge in [-0.25, -0.2) is 0 Å². The topological polar surface area (TPSA) is 35.6 Å². The van der Waals surface area contributed by atoms with Crippen LogP contribution in [0.2, 0.25) is 0 Å². The SMILES string of the molecule is CCN1CCC(NC(=O)CN2CCSC(c3ccccc3)C2)CC1. The first-order valence-electron chi connectivity index (χ1n) is 9.15. The third-order valence-electron chi connectivity index (χ3n) is 5.09. The van der Waals surface area contributed by atoms with Crippen molar-refractivity contribution in [3.8, 4) is 0 Å². The molecule has 1 aromatic rings.